The summed E-state index contributed by atoms with van der Waals surface area (Å²) in [6.45, 7) is 2.56. The molecule has 22 heavy (non-hydrogen) atoms. The van der Waals surface area contributed by atoms with Crippen LogP contribution < -0.4 is 11.1 Å². The van der Waals surface area contributed by atoms with Crippen molar-refractivity contribution in [2.45, 2.75) is 51.6 Å². The number of rotatable bonds is 3. The number of hydrogen-bond acceptors (Lipinski definition) is 2. The molecule has 3 rings (SSSR count). The van der Waals surface area contributed by atoms with Gasteiger partial charge in [-0.2, -0.15) is 0 Å². The lowest BCUT2D eigenvalue weighted by Gasteiger charge is -2.23. The minimum Gasteiger partial charge on any atom is -0.459 e. The lowest BCUT2D eigenvalue weighted by Crippen LogP contribution is -2.41. The predicted octanol–water partition coefficient (Wildman–Crippen LogP) is 4.10. The molecule has 1 heterocycles. The van der Waals surface area contributed by atoms with E-state index in [1.54, 1.807) is 0 Å². The molecule has 120 valence electrons. The van der Waals surface area contributed by atoms with Gasteiger partial charge in [-0.25, -0.2) is 4.99 Å². The maximum Gasteiger partial charge on any atom is 0.189 e. The van der Waals surface area contributed by atoms with Crippen LogP contribution in [0, 0.1) is 6.92 Å². The lowest BCUT2D eigenvalue weighted by molar-refractivity contribution is 0.412. The SMILES string of the molecule is Cc1c(CN=C(N)NC2CCCCC2)oc2ccccc12.I. The fourth-order valence-electron chi connectivity index (χ4n) is 3.03. The number of halogens is 1. The minimum atomic E-state index is 0. The highest BCUT2D eigenvalue weighted by Gasteiger charge is 2.14. The number of furan rings is 1. The van der Waals surface area contributed by atoms with Crippen molar-refractivity contribution in [3.8, 4) is 0 Å². The smallest absolute Gasteiger partial charge is 0.189 e. The second kappa shape index (κ2) is 7.85. The largest absolute Gasteiger partial charge is 0.459 e. The molecule has 0 amide bonds. The minimum absolute atomic E-state index is 0. The molecule has 1 aliphatic rings. The highest BCUT2D eigenvalue weighted by atomic mass is 127. The van der Waals surface area contributed by atoms with Crippen LogP contribution in [-0.2, 0) is 6.54 Å². The molecule has 1 fully saturated rings. The lowest BCUT2D eigenvalue weighted by atomic mass is 9.96. The Morgan fingerprint density at radius 1 is 1.27 bits per heavy atom. The maximum atomic E-state index is 5.99. The molecule has 0 saturated heterocycles. The van der Waals surface area contributed by atoms with Gasteiger partial charge < -0.3 is 15.5 Å². The highest BCUT2D eigenvalue weighted by molar-refractivity contribution is 14.0. The number of guanidine groups is 1. The number of aliphatic imine (C=N–C) groups is 1. The number of nitrogens with one attached hydrogen (secondary N) is 1. The monoisotopic (exact) mass is 413 g/mol. The predicted molar refractivity (Wildman–Crippen MR) is 102 cm³/mol. The molecule has 1 aromatic carbocycles. The quantitative estimate of drug-likeness (QED) is 0.453. The van der Waals surface area contributed by atoms with Gasteiger partial charge in [-0.15, -0.1) is 24.0 Å². The number of fused-ring (bicyclic) bond motifs is 1. The zero-order valence-corrected chi connectivity index (χ0v) is 15.3. The first-order valence-corrected chi connectivity index (χ1v) is 7.77. The van der Waals surface area contributed by atoms with Crippen molar-refractivity contribution in [1.29, 1.82) is 0 Å². The Morgan fingerprint density at radius 3 is 2.73 bits per heavy atom. The van der Waals surface area contributed by atoms with Gasteiger partial charge in [0.15, 0.2) is 5.96 Å². The van der Waals surface area contributed by atoms with Crippen LogP contribution in [-0.4, -0.2) is 12.0 Å². The molecule has 0 unspecified atom stereocenters. The summed E-state index contributed by atoms with van der Waals surface area (Å²) in [6, 6.07) is 8.55. The van der Waals surface area contributed by atoms with Crippen molar-refractivity contribution in [3.63, 3.8) is 0 Å². The van der Waals surface area contributed by atoms with Gasteiger partial charge in [0.25, 0.3) is 0 Å². The van der Waals surface area contributed by atoms with Gasteiger partial charge in [-0.1, -0.05) is 37.5 Å². The van der Waals surface area contributed by atoms with E-state index >= 15 is 0 Å². The van der Waals surface area contributed by atoms with E-state index in [0.717, 1.165) is 22.3 Å². The first-order valence-electron chi connectivity index (χ1n) is 7.77. The molecule has 1 aromatic heterocycles. The molecular formula is C17H24IN3O. The van der Waals surface area contributed by atoms with E-state index in [2.05, 4.69) is 23.3 Å². The molecule has 3 N–H and O–H groups in total. The van der Waals surface area contributed by atoms with Crippen LogP contribution in [0.3, 0.4) is 0 Å². The molecule has 4 nitrogen and oxygen atoms in total. The zero-order valence-electron chi connectivity index (χ0n) is 13.0. The molecule has 0 aliphatic heterocycles. The summed E-state index contributed by atoms with van der Waals surface area (Å²) in [5.41, 5.74) is 8.06. The highest BCUT2D eigenvalue weighted by Crippen LogP contribution is 2.25. The van der Waals surface area contributed by atoms with Crippen LogP contribution in [0.4, 0.5) is 0 Å². The topological polar surface area (TPSA) is 63.5 Å². The Balaban J connectivity index is 0.00000176. The summed E-state index contributed by atoms with van der Waals surface area (Å²) in [5.74, 6) is 1.42. The van der Waals surface area contributed by atoms with Gasteiger partial charge in [-0.05, 0) is 25.8 Å². The number of hydrogen-bond donors (Lipinski definition) is 2. The van der Waals surface area contributed by atoms with E-state index in [-0.39, 0.29) is 24.0 Å². The van der Waals surface area contributed by atoms with Crippen molar-refractivity contribution in [3.05, 3.63) is 35.6 Å². The summed E-state index contributed by atoms with van der Waals surface area (Å²) in [6.07, 6.45) is 6.30. The third-order valence-electron chi connectivity index (χ3n) is 4.29. The summed E-state index contributed by atoms with van der Waals surface area (Å²) in [5, 5.41) is 4.48. The first kappa shape index (κ1) is 17.1. The van der Waals surface area contributed by atoms with Crippen molar-refractivity contribution in [1.82, 2.24) is 5.32 Å². The van der Waals surface area contributed by atoms with E-state index in [0.29, 0.717) is 18.5 Å². The third kappa shape index (κ3) is 3.94. The summed E-state index contributed by atoms with van der Waals surface area (Å²) < 4.78 is 5.85. The van der Waals surface area contributed by atoms with Gasteiger partial charge in [-0.3, -0.25) is 0 Å². The van der Waals surface area contributed by atoms with Gasteiger partial charge in [0.1, 0.15) is 17.9 Å². The molecule has 5 heteroatoms. The van der Waals surface area contributed by atoms with E-state index in [4.69, 9.17) is 10.2 Å². The number of nitrogens with two attached hydrogens (primary N) is 1. The van der Waals surface area contributed by atoms with E-state index in [1.807, 2.05) is 18.2 Å². The van der Waals surface area contributed by atoms with E-state index in [9.17, 15) is 0 Å². The van der Waals surface area contributed by atoms with Crippen LogP contribution in [0.5, 0.6) is 0 Å². The number of nitrogens with zero attached hydrogens (tertiary/aromatic N) is 1. The van der Waals surface area contributed by atoms with Crippen molar-refractivity contribution in [2.75, 3.05) is 0 Å². The molecule has 1 aliphatic carbocycles. The van der Waals surface area contributed by atoms with Gasteiger partial charge in [0, 0.05) is 17.0 Å². The number of para-hydroxylation sites is 1. The van der Waals surface area contributed by atoms with Crippen LogP contribution in [0.15, 0.2) is 33.7 Å². The van der Waals surface area contributed by atoms with Crippen LogP contribution in [0.25, 0.3) is 11.0 Å². The standard InChI is InChI=1S/C17H23N3O.HI/c1-12-14-9-5-6-10-15(14)21-16(12)11-19-17(18)20-13-7-3-2-4-8-13;/h5-6,9-10,13H,2-4,7-8,11H2,1H3,(H3,18,19,20);1H. The van der Waals surface area contributed by atoms with Gasteiger partial charge >= 0.3 is 0 Å². The van der Waals surface area contributed by atoms with E-state index in [1.165, 1.54) is 32.1 Å². The average molecular weight is 413 g/mol. The Bertz CT molecular complexity index is 644. The first-order chi connectivity index (χ1) is 10.2. The average Bonchev–Trinajstić information content (AvgIpc) is 2.83. The molecule has 0 atom stereocenters. The van der Waals surface area contributed by atoms with Crippen molar-refractivity contribution < 1.29 is 4.42 Å². The molecule has 0 spiro atoms. The Morgan fingerprint density at radius 2 is 2.00 bits per heavy atom. The van der Waals surface area contributed by atoms with Crippen molar-refractivity contribution in [2.24, 2.45) is 10.7 Å². The number of benzene rings is 1. The third-order valence-corrected chi connectivity index (χ3v) is 4.29. The van der Waals surface area contributed by atoms with Crippen molar-refractivity contribution >= 4 is 40.9 Å². The zero-order chi connectivity index (χ0) is 14.7. The molecular weight excluding hydrogens is 389 g/mol. The van der Waals surface area contributed by atoms with Crippen LogP contribution >= 0.6 is 24.0 Å². The number of aryl methyl sites for hydroxylation is 1. The summed E-state index contributed by atoms with van der Waals surface area (Å²) in [4.78, 5) is 4.43. The Labute approximate surface area is 148 Å². The molecule has 0 radical (unpaired) electrons. The van der Waals surface area contributed by atoms with Gasteiger partial charge in [0.05, 0.1) is 0 Å². The fraction of sp³-hybridized carbons (Fsp3) is 0.471. The van der Waals surface area contributed by atoms with E-state index < -0.39 is 0 Å². The second-order valence-electron chi connectivity index (χ2n) is 5.83. The maximum absolute atomic E-state index is 5.99. The molecule has 2 aromatic rings. The van der Waals surface area contributed by atoms with Crippen LogP contribution in [0.2, 0.25) is 0 Å². The Kier molecular flexibility index (Phi) is 6.11. The normalized spacial score (nSPS) is 16.5. The molecule has 0 bridgehead atoms. The van der Waals surface area contributed by atoms with Gasteiger partial charge in [0.2, 0.25) is 0 Å². The Hall–Kier alpha value is -1.24. The fourth-order valence-corrected chi connectivity index (χ4v) is 3.03. The molecule has 1 saturated carbocycles. The second-order valence-corrected chi connectivity index (χ2v) is 5.83. The van der Waals surface area contributed by atoms with Crippen LogP contribution in [0.1, 0.15) is 43.4 Å². The summed E-state index contributed by atoms with van der Waals surface area (Å²) >= 11 is 0. The summed E-state index contributed by atoms with van der Waals surface area (Å²) in [7, 11) is 0.